The maximum Gasteiger partial charge on any atom is 0.223 e. The van der Waals surface area contributed by atoms with E-state index in [0.717, 1.165) is 25.1 Å². The Kier molecular flexibility index (Phi) is 4.10. The third-order valence-electron chi connectivity index (χ3n) is 3.57. The standard InChI is InChI=1S/C15H20BrNO/c1-10(2)14(16)9-12-4-5-15-13(8-12)6-7-17(15)11(3)18/h4-5,8,10,14H,6-7,9H2,1-3H3. The summed E-state index contributed by atoms with van der Waals surface area (Å²) in [6.45, 7) is 6.92. The third kappa shape index (κ3) is 2.77. The zero-order valence-electron chi connectivity index (χ0n) is 11.2. The van der Waals surface area contributed by atoms with Crippen LogP contribution in [0.15, 0.2) is 18.2 Å². The summed E-state index contributed by atoms with van der Waals surface area (Å²) in [7, 11) is 0. The van der Waals surface area contributed by atoms with Gasteiger partial charge in [0.1, 0.15) is 0 Å². The Balaban J connectivity index is 2.17. The number of halogens is 1. The molecule has 0 radical (unpaired) electrons. The number of carbonyl (C=O) groups is 1. The molecule has 2 rings (SSSR count). The van der Waals surface area contributed by atoms with Crippen molar-refractivity contribution in [3.05, 3.63) is 29.3 Å². The predicted molar refractivity (Wildman–Crippen MR) is 79.4 cm³/mol. The van der Waals surface area contributed by atoms with Gasteiger partial charge >= 0.3 is 0 Å². The molecule has 0 aromatic heterocycles. The SMILES string of the molecule is CC(=O)N1CCc2cc(CC(Br)C(C)C)ccc21. The van der Waals surface area contributed by atoms with Crippen LogP contribution in [0.4, 0.5) is 5.69 Å². The highest BCUT2D eigenvalue weighted by molar-refractivity contribution is 9.09. The van der Waals surface area contributed by atoms with Crippen LogP contribution in [0.5, 0.6) is 0 Å². The molecule has 1 unspecified atom stereocenters. The largest absolute Gasteiger partial charge is 0.312 e. The van der Waals surface area contributed by atoms with Crippen molar-refractivity contribution >= 4 is 27.5 Å². The molecule has 1 aliphatic heterocycles. The van der Waals surface area contributed by atoms with Gasteiger partial charge in [0.25, 0.3) is 0 Å². The average Bonchev–Trinajstić information content (AvgIpc) is 2.71. The number of nitrogens with zero attached hydrogens (tertiary/aromatic N) is 1. The maximum atomic E-state index is 11.5. The minimum absolute atomic E-state index is 0.141. The van der Waals surface area contributed by atoms with Gasteiger partial charge in [0.15, 0.2) is 0 Å². The number of hydrogen-bond acceptors (Lipinski definition) is 1. The van der Waals surface area contributed by atoms with Crippen LogP contribution in [0.1, 0.15) is 31.9 Å². The first-order valence-corrected chi connectivity index (χ1v) is 7.44. The second-order valence-electron chi connectivity index (χ2n) is 5.35. The van der Waals surface area contributed by atoms with Crippen molar-refractivity contribution in [2.45, 2.75) is 38.4 Å². The van der Waals surface area contributed by atoms with Gasteiger partial charge in [-0.15, -0.1) is 0 Å². The summed E-state index contributed by atoms with van der Waals surface area (Å²) in [5.41, 5.74) is 3.77. The monoisotopic (exact) mass is 309 g/mol. The molecule has 3 heteroatoms. The first kappa shape index (κ1) is 13.6. The average molecular weight is 310 g/mol. The number of amides is 1. The van der Waals surface area contributed by atoms with Crippen molar-refractivity contribution in [2.75, 3.05) is 11.4 Å². The van der Waals surface area contributed by atoms with Crippen molar-refractivity contribution in [3.8, 4) is 0 Å². The number of alkyl halides is 1. The van der Waals surface area contributed by atoms with Gasteiger partial charge in [0.05, 0.1) is 0 Å². The highest BCUT2D eigenvalue weighted by Gasteiger charge is 2.22. The van der Waals surface area contributed by atoms with Gasteiger partial charge < -0.3 is 4.90 Å². The fraction of sp³-hybridized carbons (Fsp3) is 0.533. The van der Waals surface area contributed by atoms with Gasteiger partial charge in [0.2, 0.25) is 5.91 Å². The summed E-state index contributed by atoms with van der Waals surface area (Å²) >= 11 is 3.73. The van der Waals surface area contributed by atoms with Gasteiger partial charge in [-0.2, -0.15) is 0 Å². The summed E-state index contributed by atoms with van der Waals surface area (Å²) < 4.78 is 0. The number of fused-ring (bicyclic) bond motifs is 1. The summed E-state index contributed by atoms with van der Waals surface area (Å²) in [6.07, 6.45) is 2.03. The molecule has 1 aromatic rings. The van der Waals surface area contributed by atoms with Gasteiger partial charge in [-0.25, -0.2) is 0 Å². The van der Waals surface area contributed by atoms with Crippen LogP contribution >= 0.6 is 15.9 Å². The fourth-order valence-corrected chi connectivity index (χ4v) is 2.74. The molecule has 2 nitrogen and oxygen atoms in total. The lowest BCUT2D eigenvalue weighted by atomic mass is 10.00. The lowest BCUT2D eigenvalue weighted by Gasteiger charge is -2.16. The molecule has 0 N–H and O–H groups in total. The third-order valence-corrected chi connectivity index (χ3v) is 4.95. The normalized spacial score (nSPS) is 15.9. The second kappa shape index (κ2) is 5.43. The molecule has 0 saturated carbocycles. The summed E-state index contributed by atoms with van der Waals surface area (Å²) in [5, 5.41) is 0. The van der Waals surface area contributed by atoms with E-state index in [1.807, 2.05) is 4.90 Å². The van der Waals surface area contributed by atoms with E-state index in [2.05, 4.69) is 48.0 Å². The van der Waals surface area contributed by atoms with Crippen molar-refractivity contribution < 1.29 is 4.79 Å². The summed E-state index contributed by atoms with van der Waals surface area (Å²) in [4.78, 5) is 13.9. The summed E-state index contributed by atoms with van der Waals surface area (Å²) in [5.74, 6) is 0.772. The van der Waals surface area contributed by atoms with Crippen LogP contribution in [0, 0.1) is 5.92 Å². The molecule has 1 aromatic carbocycles. The zero-order chi connectivity index (χ0) is 13.3. The molecule has 1 aliphatic rings. The number of hydrogen-bond donors (Lipinski definition) is 0. The lowest BCUT2D eigenvalue weighted by Crippen LogP contribution is -2.25. The van der Waals surface area contributed by atoms with Gasteiger partial charge in [-0.05, 0) is 36.0 Å². The van der Waals surface area contributed by atoms with E-state index in [4.69, 9.17) is 0 Å². The van der Waals surface area contributed by atoms with Crippen LogP contribution in [-0.2, 0) is 17.6 Å². The second-order valence-corrected chi connectivity index (χ2v) is 6.52. The van der Waals surface area contributed by atoms with E-state index >= 15 is 0 Å². The molecule has 0 aliphatic carbocycles. The highest BCUT2D eigenvalue weighted by atomic mass is 79.9. The lowest BCUT2D eigenvalue weighted by molar-refractivity contribution is -0.116. The van der Waals surface area contributed by atoms with Crippen LogP contribution in [0.3, 0.4) is 0 Å². The molecule has 0 bridgehead atoms. The van der Waals surface area contributed by atoms with Crippen molar-refractivity contribution in [2.24, 2.45) is 5.92 Å². The van der Waals surface area contributed by atoms with Crippen LogP contribution in [-0.4, -0.2) is 17.3 Å². The predicted octanol–water partition coefficient (Wildman–Crippen LogP) is 3.56. The van der Waals surface area contributed by atoms with Gasteiger partial charge in [0, 0.05) is 24.0 Å². The Morgan fingerprint density at radius 2 is 2.17 bits per heavy atom. The molecule has 0 fully saturated rings. The molecule has 1 heterocycles. The van der Waals surface area contributed by atoms with E-state index in [-0.39, 0.29) is 5.91 Å². The molecular weight excluding hydrogens is 290 g/mol. The van der Waals surface area contributed by atoms with E-state index in [1.54, 1.807) is 6.92 Å². The summed E-state index contributed by atoms with van der Waals surface area (Å²) in [6, 6.07) is 6.50. The number of rotatable bonds is 3. The highest BCUT2D eigenvalue weighted by Crippen LogP contribution is 2.30. The molecule has 1 amide bonds. The Hall–Kier alpha value is -0.830. The topological polar surface area (TPSA) is 20.3 Å². The maximum absolute atomic E-state index is 11.5. The van der Waals surface area contributed by atoms with Crippen LogP contribution in [0.2, 0.25) is 0 Å². The van der Waals surface area contributed by atoms with E-state index in [9.17, 15) is 4.79 Å². The fourth-order valence-electron chi connectivity index (χ4n) is 2.37. The number of benzene rings is 1. The van der Waals surface area contributed by atoms with Crippen molar-refractivity contribution in [1.82, 2.24) is 0 Å². The van der Waals surface area contributed by atoms with Crippen LogP contribution < -0.4 is 4.90 Å². The molecule has 98 valence electrons. The van der Waals surface area contributed by atoms with Crippen molar-refractivity contribution in [3.63, 3.8) is 0 Å². The molecule has 18 heavy (non-hydrogen) atoms. The molecular formula is C15H20BrNO. The van der Waals surface area contributed by atoms with E-state index < -0.39 is 0 Å². The minimum Gasteiger partial charge on any atom is -0.312 e. The zero-order valence-corrected chi connectivity index (χ0v) is 12.8. The minimum atomic E-state index is 0.141. The Morgan fingerprint density at radius 1 is 1.44 bits per heavy atom. The Bertz CT molecular complexity index is 456. The Labute approximate surface area is 117 Å². The molecule has 1 atom stereocenters. The van der Waals surface area contributed by atoms with E-state index in [1.165, 1.54) is 11.1 Å². The Morgan fingerprint density at radius 3 is 2.78 bits per heavy atom. The number of anilines is 1. The quantitative estimate of drug-likeness (QED) is 0.782. The van der Waals surface area contributed by atoms with Gasteiger partial charge in [-0.1, -0.05) is 41.9 Å². The number of carbonyl (C=O) groups excluding carboxylic acids is 1. The first-order chi connectivity index (χ1) is 8.49. The van der Waals surface area contributed by atoms with Gasteiger partial charge in [-0.3, -0.25) is 4.79 Å². The van der Waals surface area contributed by atoms with E-state index in [0.29, 0.717) is 10.7 Å². The van der Waals surface area contributed by atoms with Crippen LogP contribution in [0.25, 0.3) is 0 Å². The first-order valence-electron chi connectivity index (χ1n) is 6.53. The van der Waals surface area contributed by atoms with Crippen molar-refractivity contribution in [1.29, 1.82) is 0 Å². The molecule has 0 spiro atoms. The molecule has 0 saturated heterocycles. The smallest absolute Gasteiger partial charge is 0.223 e.